The number of aryl methyl sites for hydroxylation is 1. The van der Waals surface area contributed by atoms with Gasteiger partial charge >= 0.3 is 0 Å². The third-order valence-corrected chi connectivity index (χ3v) is 9.40. The highest BCUT2D eigenvalue weighted by molar-refractivity contribution is 7.48. The molecule has 2 unspecified atom stereocenters. The van der Waals surface area contributed by atoms with Crippen molar-refractivity contribution in [3.05, 3.63) is 94.0 Å². The van der Waals surface area contributed by atoms with Crippen molar-refractivity contribution in [1.29, 1.82) is 0 Å². The summed E-state index contributed by atoms with van der Waals surface area (Å²) in [6.45, 7) is 21.0. The van der Waals surface area contributed by atoms with Crippen molar-refractivity contribution in [2.45, 2.75) is 111 Å². The SMILES string of the molecule is CCCCCC(C)(Pc1ccc(C)cc1C=O)c1cc(C(C)(C)C)cc(C(C)(C)C)c1OCc1ccccc1. The number of hydrogen-bond acceptors (Lipinski definition) is 2. The molecule has 3 rings (SSSR count). The Bertz CT molecular complexity index is 1250. The van der Waals surface area contributed by atoms with Crippen molar-refractivity contribution >= 4 is 20.2 Å². The number of unbranched alkanes of at least 4 members (excludes halogenated alkanes) is 2. The van der Waals surface area contributed by atoms with Gasteiger partial charge in [-0.25, -0.2) is 0 Å². The molecule has 0 saturated carbocycles. The maximum atomic E-state index is 12.1. The van der Waals surface area contributed by atoms with Crippen molar-refractivity contribution in [1.82, 2.24) is 0 Å². The standard InChI is InChI=1S/C36H49O2P/c1-10-11-15-20-36(9,39-32-19-18-26(2)21-28(32)24-37)31-23-29(34(3,4)5)22-30(35(6,7)8)33(31)38-25-27-16-13-12-14-17-27/h12-14,16-19,21-24,39H,10-11,15,20,25H2,1-9H3. The molecule has 39 heavy (non-hydrogen) atoms. The lowest BCUT2D eigenvalue weighted by Crippen LogP contribution is -2.26. The first-order valence-electron chi connectivity index (χ1n) is 14.5. The van der Waals surface area contributed by atoms with Crippen LogP contribution in [0.25, 0.3) is 0 Å². The van der Waals surface area contributed by atoms with E-state index in [2.05, 4.69) is 111 Å². The van der Waals surface area contributed by atoms with Crippen LogP contribution in [0, 0.1) is 6.92 Å². The molecule has 3 heteroatoms. The fourth-order valence-electron chi connectivity index (χ4n) is 5.10. The Hall–Kier alpha value is -2.44. The van der Waals surface area contributed by atoms with Gasteiger partial charge in [0.25, 0.3) is 0 Å². The van der Waals surface area contributed by atoms with E-state index in [0.29, 0.717) is 15.2 Å². The molecule has 0 bridgehead atoms. The molecule has 0 fully saturated rings. The zero-order valence-corrected chi connectivity index (χ0v) is 26.7. The molecule has 0 aliphatic carbocycles. The Morgan fingerprint density at radius 3 is 2.08 bits per heavy atom. The van der Waals surface area contributed by atoms with Gasteiger partial charge in [-0.05, 0) is 46.7 Å². The Morgan fingerprint density at radius 1 is 0.821 bits per heavy atom. The summed E-state index contributed by atoms with van der Waals surface area (Å²) in [7, 11) is 0.455. The Kier molecular flexibility index (Phi) is 10.2. The second-order valence-corrected chi connectivity index (χ2v) is 15.2. The number of carbonyl (C=O) groups excluding carboxylic acids is 1. The van der Waals surface area contributed by atoms with E-state index >= 15 is 0 Å². The fraction of sp³-hybridized carbons (Fsp3) is 0.472. The first-order valence-corrected chi connectivity index (χ1v) is 15.5. The summed E-state index contributed by atoms with van der Waals surface area (Å²) in [5.41, 5.74) is 6.88. The van der Waals surface area contributed by atoms with Crippen LogP contribution in [0.1, 0.15) is 119 Å². The van der Waals surface area contributed by atoms with Crippen molar-refractivity contribution in [2.75, 3.05) is 0 Å². The van der Waals surface area contributed by atoms with Crippen LogP contribution in [0.5, 0.6) is 5.75 Å². The monoisotopic (exact) mass is 544 g/mol. The van der Waals surface area contributed by atoms with Gasteiger partial charge < -0.3 is 4.74 Å². The molecule has 0 saturated heterocycles. The molecular weight excluding hydrogens is 495 g/mol. The smallest absolute Gasteiger partial charge is 0.150 e. The van der Waals surface area contributed by atoms with Gasteiger partial charge in [-0.1, -0.05) is 143 Å². The van der Waals surface area contributed by atoms with Gasteiger partial charge in [0.05, 0.1) is 0 Å². The van der Waals surface area contributed by atoms with Crippen molar-refractivity contribution in [3.8, 4) is 5.75 Å². The predicted octanol–water partition coefficient (Wildman–Crippen LogP) is 9.78. The van der Waals surface area contributed by atoms with Crippen LogP contribution in [0.15, 0.2) is 60.7 Å². The zero-order chi connectivity index (χ0) is 28.8. The zero-order valence-electron chi connectivity index (χ0n) is 25.7. The molecule has 0 radical (unpaired) electrons. The average Bonchev–Trinajstić information content (AvgIpc) is 2.87. The van der Waals surface area contributed by atoms with Crippen LogP contribution in [0.3, 0.4) is 0 Å². The number of aldehydes is 1. The highest BCUT2D eigenvalue weighted by Gasteiger charge is 2.35. The Balaban J connectivity index is 2.28. The molecule has 0 amide bonds. The fourth-order valence-corrected chi connectivity index (χ4v) is 6.76. The predicted molar refractivity (Wildman–Crippen MR) is 171 cm³/mol. The molecule has 3 aromatic rings. The second-order valence-electron chi connectivity index (χ2n) is 13.3. The Labute approximate surface area is 239 Å². The molecule has 0 spiro atoms. The van der Waals surface area contributed by atoms with Gasteiger partial charge in [0.15, 0.2) is 6.29 Å². The lowest BCUT2D eigenvalue weighted by molar-refractivity contribution is 0.112. The van der Waals surface area contributed by atoms with E-state index in [1.807, 2.05) is 12.1 Å². The first kappa shape index (κ1) is 31.1. The highest BCUT2D eigenvalue weighted by atomic mass is 31.1. The maximum absolute atomic E-state index is 12.1. The summed E-state index contributed by atoms with van der Waals surface area (Å²) >= 11 is 0. The van der Waals surface area contributed by atoms with E-state index in [1.165, 1.54) is 35.1 Å². The molecule has 3 aromatic carbocycles. The molecule has 210 valence electrons. The van der Waals surface area contributed by atoms with Crippen molar-refractivity contribution in [2.24, 2.45) is 0 Å². The van der Waals surface area contributed by atoms with Crippen LogP contribution in [-0.2, 0) is 22.6 Å². The van der Waals surface area contributed by atoms with Gasteiger partial charge in [-0.2, -0.15) is 0 Å². The topological polar surface area (TPSA) is 26.3 Å². The third kappa shape index (κ3) is 8.04. The van der Waals surface area contributed by atoms with E-state index in [9.17, 15) is 4.79 Å². The number of ether oxygens (including phenoxy) is 1. The molecule has 0 heterocycles. The molecule has 0 aromatic heterocycles. The van der Waals surface area contributed by atoms with Gasteiger partial charge in [0.1, 0.15) is 12.4 Å². The number of hydrogen-bond donors (Lipinski definition) is 0. The second kappa shape index (κ2) is 12.8. The quantitative estimate of drug-likeness (QED) is 0.136. The Morgan fingerprint density at radius 2 is 1.49 bits per heavy atom. The summed E-state index contributed by atoms with van der Waals surface area (Å²) in [4.78, 5) is 12.1. The lowest BCUT2D eigenvalue weighted by Gasteiger charge is -2.37. The van der Waals surface area contributed by atoms with Gasteiger partial charge in [0.2, 0.25) is 0 Å². The van der Waals surface area contributed by atoms with Crippen LogP contribution in [0.2, 0.25) is 0 Å². The molecular formula is C36H49O2P. The number of rotatable bonds is 11. The van der Waals surface area contributed by atoms with Crippen molar-refractivity contribution in [3.63, 3.8) is 0 Å². The van der Waals surface area contributed by atoms with E-state index in [0.717, 1.165) is 41.3 Å². The minimum absolute atomic E-state index is 0.00202. The summed E-state index contributed by atoms with van der Waals surface area (Å²) in [5, 5.41) is 0.970. The van der Waals surface area contributed by atoms with E-state index < -0.39 is 0 Å². The van der Waals surface area contributed by atoms with Crippen LogP contribution in [-0.4, -0.2) is 6.29 Å². The largest absolute Gasteiger partial charge is 0.488 e. The molecule has 2 atom stereocenters. The van der Waals surface area contributed by atoms with Crippen LogP contribution < -0.4 is 10.0 Å². The number of benzene rings is 3. The maximum Gasteiger partial charge on any atom is 0.150 e. The summed E-state index contributed by atoms with van der Waals surface area (Å²) < 4.78 is 6.85. The van der Waals surface area contributed by atoms with E-state index in [-0.39, 0.29) is 16.0 Å². The van der Waals surface area contributed by atoms with E-state index in [1.54, 1.807) is 0 Å². The van der Waals surface area contributed by atoms with Crippen LogP contribution in [0.4, 0.5) is 0 Å². The lowest BCUT2D eigenvalue weighted by atomic mass is 9.76. The van der Waals surface area contributed by atoms with Gasteiger partial charge in [-0.3, -0.25) is 4.79 Å². The molecule has 0 aliphatic rings. The normalized spacial score (nSPS) is 14.0. The van der Waals surface area contributed by atoms with Gasteiger partial charge in [0, 0.05) is 21.8 Å². The van der Waals surface area contributed by atoms with Crippen molar-refractivity contribution < 1.29 is 9.53 Å². The molecule has 0 aliphatic heterocycles. The van der Waals surface area contributed by atoms with Gasteiger partial charge in [-0.15, -0.1) is 0 Å². The minimum Gasteiger partial charge on any atom is -0.488 e. The first-order chi connectivity index (χ1) is 18.3. The average molecular weight is 545 g/mol. The summed E-state index contributed by atoms with van der Waals surface area (Å²) in [6, 6.07) is 21.6. The summed E-state index contributed by atoms with van der Waals surface area (Å²) in [6.07, 6.45) is 5.59. The van der Waals surface area contributed by atoms with Crippen LogP contribution >= 0.6 is 8.58 Å². The third-order valence-electron chi connectivity index (χ3n) is 7.61. The van der Waals surface area contributed by atoms with E-state index in [4.69, 9.17) is 4.74 Å². The highest BCUT2D eigenvalue weighted by Crippen LogP contribution is 2.52. The summed E-state index contributed by atoms with van der Waals surface area (Å²) in [5.74, 6) is 1.02. The molecule has 0 N–H and O–H groups in total. The minimum atomic E-state index is -0.171. The molecule has 2 nitrogen and oxygen atoms in total. The number of carbonyl (C=O) groups is 1.